The summed E-state index contributed by atoms with van der Waals surface area (Å²) >= 11 is 0. The number of hydrogen-bond acceptors (Lipinski definition) is 1. The van der Waals surface area contributed by atoms with Crippen LogP contribution in [0.5, 0.6) is 0 Å². The van der Waals surface area contributed by atoms with Gasteiger partial charge in [0.1, 0.15) is 0 Å². The molecule has 1 unspecified atom stereocenters. The highest BCUT2D eigenvalue weighted by Gasteiger charge is 2.24. The Bertz CT molecular complexity index is 267. The Hall–Kier alpha value is -0.820. The fourth-order valence-corrected chi connectivity index (χ4v) is 1.83. The van der Waals surface area contributed by atoms with Gasteiger partial charge in [-0.3, -0.25) is 0 Å². The number of fused-ring (bicyclic) bond motifs is 1. The Balaban J connectivity index is 2.47. The third-order valence-electron chi connectivity index (χ3n) is 2.57. The van der Waals surface area contributed by atoms with Crippen LogP contribution in [0.1, 0.15) is 24.1 Å². The SMILES string of the molecule is CC1Cc2ccccc2[C@H]1N. The fraction of sp³-hybridized carbons (Fsp3) is 0.400. The molecule has 0 aromatic heterocycles. The standard InChI is InChI=1S/C10H13N/c1-7-6-8-4-2-3-5-9(8)10(7)11/h2-5,7,10H,6,11H2,1H3/t7?,10-/m0/s1. The van der Waals surface area contributed by atoms with Crippen molar-refractivity contribution in [1.29, 1.82) is 0 Å². The van der Waals surface area contributed by atoms with Gasteiger partial charge in [0, 0.05) is 6.04 Å². The second kappa shape index (κ2) is 2.35. The summed E-state index contributed by atoms with van der Waals surface area (Å²) < 4.78 is 0. The summed E-state index contributed by atoms with van der Waals surface area (Å²) in [6.07, 6.45) is 1.15. The topological polar surface area (TPSA) is 26.0 Å². The van der Waals surface area contributed by atoms with Gasteiger partial charge in [0.05, 0.1) is 0 Å². The zero-order valence-corrected chi connectivity index (χ0v) is 6.75. The highest BCUT2D eigenvalue weighted by molar-refractivity contribution is 5.34. The summed E-state index contributed by atoms with van der Waals surface area (Å²) in [5, 5.41) is 0. The molecular formula is C10H13N. The lowest BCUT2D eigenvalue weighted by atomic mass is 10.0. The summed E-state index contributed by atoms with van der Waals surface area (Å²) in [5.41, 5.74) is 8.77. The molecule has 2 atom stereocenters. The van der Waals surface area contributed by atoms with Gasteiger partial charge in [0.2, 0.25) is 0 Å². The molecule has 0 spiro atoms. The van der Waals surface area contributed by atoms with Crippen LogP contribution in [0.15, 0.2) is 24.3 Å². The third-order valence-corrected chi connectivity index (χ3v) is 2.57. The van der Waals surface area contributed by atoms with Crippen LogP contribution in [-0.4, -0.2) is 0 Å². The predicted molar refractivity (Wildman–Crippen MR) is 46.2 cm³/mol. The summed E-state index contributed by atoms with van der Waals surface area (Å²) in [4.78, 5) is 0. The maximum atomic E-state index is 5.99. The van der Waals surface area contributed by atoms with Gasteiger partial charge in [-0.1, -0.05) is 31.2 Å². The smallest absolute Gasteiger partial charge is 0.0326 e. The molecular weight excluding hydrogens is 134 g/mol. The first-order chi connectivity index (χ1) is 5.29. The van der Waals surface area contributed by atoms with Gasteiger partial charge in [0.25, 0.3) is 0 Å². The number of benzene rings is 1. The lowest BCUT2D eigenvalue weighted by molar-refractivity contribution is 0.513. The Morgan fingerprint density at radius 1 is 1.36 bits per heavy atom. The Morgan fingerprint density at radius 3 is 2.82 bits per heavy atom. The van der Waals surface area contributed by atoms with Gasteiger partial charge in [0.15, 0.2) is 0 Å². The second-order valence-electron chi connectivity index (χ2n) is 3.41. The van der Waals surface area contributed by atoms with Crippen LogP contribution in [0.3, 0.4) is 0 Å². The van der Waals surface area contributed by atoms with Crippen molar-refractivity contribution in [3.8, 4) is 0 Å². The van der Waals surface area contributed by atoms with Gasteiger partial charge in [-0.05, 0) is 23.5 Å². The quantitative estimate of drug-likeness (QED) is 0.595. The van der Waals surface area contributed by atoms with Gasteiger partial charge in [-0.15, -0.1) is 0 Å². The lowest BCUT2D eigenvalue weighted by Gasteiger charge is -2.08. The van der Waals surface area contributed by atoms with Crippen molar-refractivity contribution in [2.24, 2.45) is 11.7 Å². The maximum Gasteiger partial charge on any atom is 0.0326 e. The highest BCUT2D eigenvalue weighted by Crippen LogP contribution is 2.33. The van der Waals surface area contributed by atoms with Gasteiger partial charge >= 0.3 is 0 Å². The largest absolute Gasteiger partial charge is 0.324 e. The minimum atomic E-state index is 0.270. The Morgan fingerprint density at radius 2 is 2.09 bits per heavy atom. The molecule has 0 saturated heterocycles. The highest BCUT2D eigenvalue weighted by atomic mass is 14.7. The monoisotopic (exact) mass is 147 g/mol. The summed E-state index contributed by atoms with van der Waals surface area (Å²) in [7, 11) is 0. The van der Waals surface area contributed by atoms with E-state index < -0.39 is 0 Å². The summed E-state index contributed by atoms with van der Waals surface area (Å²) in [5.74, 6) is 0.618. The van der Waals surface area contributed by atoms with E-state index in [1.807, 2.05) is 0 Å². The molecule has 0 fully saturated rings. The first-order valence-electron chi connectivity index (χ1n) is 4.12. The molecule has 0 radical (unpaired) electrons. The Labute approximate surface area is 67.2 Å². The third kappa shape index (κ3) is 0.962. The molecule has 1 nitrogen and oxygen atoms in total. The van der Waals surface area contributed by atoms with Crippen LogP contribution in [0.2, 0.25) is 0 Å². The van der Waals surface area contributed by atoms with Gasteiger partial charge in [-0.2, -0.15) is 0 Å². The second-order valence-corrected chi connectivity index (χ2v) is 3.41. The summed E-state index contributed by atoms with van der Waals surface area (Å²) in [6, 6.07) is 8.74. The van der Waals surface area contributed by atoms with E-state index in [-0.39, 0.29) is 6.04 Å². The van der Waals surface area contributed by atoms with Crippen LogP contribution in [-0.2, 0) is 6.42 Å². The molecule has 1 aromatic carbocycles. The number of hydrogen-bond donors (Lipinski definition) is 1. The zero-order chi connectivity index (χ0) is 7.84. The van der Waals surface area contributed by atoms with Crippen molar-refractivity contribution in [2.45, 2.75) is 19.4 Å². The number of rotatable bonds is 0. The molecule has 1 aliphatic carbocycles. The van der Waals surface area contributed by atoms with Crippen molar-refractivity contribution in [1.82, 2.24) is 0 Å². The maximum absolute atomic E-state index is 5.99. The fourth-order valence-electron chi connectivity index (χ4n) is 1.83. The molecule has 0 amide bonds. The van der Waals surface area contributed by atoms with E-state index in [1.54, 1.807) is 0 Å². The molecule has 0 heterocycles. The van der Waals surface area contributed by atoms with Crippen molar-refractivity contribution >= 4 is 0 Å². The Kier molecular flexibility index (Phi) is 1.46. The van der Waals surface area contributed by atoms with Gasteiger partial charge in [-0.25, -0.2) is 0 Å². The van der Waals surface area contributed by atoms with E-state index in [0.717, 1.165) is 6.42 Å². The molecule has 1 heteroatoms. The molecule has 0 aliphatic heterocycles. The first kappa shape index (κ1) is 6.86. The number of nitrogens with two attached hydrogens (primary N) is 1. The average Bonchev–Trinajstić information content (AvgIpc) is 2.30. The van der Waals surface area contributed by atoms with Crippen molar-refractivity contribution in [3.05, 3.63) is 35.4 Å². The molecule has 2 rings (SSSR count). The van der Waals surface area contributed by atoms with Crippen LogP contribution >= 0.6 is 0 Å². The predicted octanol–water partition coefficient (Wildman–Crippen LogP) is 1.88. The minimum absolute atomic E-state index is 0.270. The van der Waals surface area contributed by atoms with Crippen molar-refractivity contribution in [3.63, 3.8) is 0 Å². The van der Waals surface area contributed by atoms with Crippen LogP contribution in [0, 0.1) is 5.92 Å². The molecule has 0 bridgehead atoms. The van der Waals surface area contributed by atoms with Crippen LogP contribution in [0.4, 0.5) is 0 Å². The van der Waals surface area contributed by atoms with Crippen LogP contribution < -0.4 is 5.73 Å². The van der Waals surface area contributed by atoms with Crippen molar-refractivity contribution in [2.75, 3.05) is 0 Å². The normalized spacial score (nSPS) is 28.5. The van der Waals surface area contributed by atoms with E-state index in [9.17, 15) is 0 Å². The molecule has 2 N–H and O–H groups in total. The molecule has 0 saturated carbocycles. The van der Waals surface area contributed by atoms with Crippen molar-refractivity contribution < 1.29 is 0 Å². The molecule has 58 valence electrons. The van der Waals surface area contributed by atoms with E-state index in [2.05, 4.69) is 31.2 Å². The van der Waals surface area contributed by atoms with Gasteiger partial charge < -0.3 is 5.73 Å². The lowest BCUT2D eigenvalue weighted by Crippen LogP contribution is -2.13. The zero-order valence-electron chi connectivity index (χ0n) is 6.75. The molecule has 1 aliphatic rings. The van der Waals surface area contributed by atoms with E-state index >= 15 is 0 Å². The van der Waals surface area contributed by atoms with E-state index in [1.165, 1.54) is 11.1 Å². The first-order valence-corrected chi connectivity index (χ1v) is 4.12. The summed E-state index contributed by atoms with van der Waals surface area (Å²) in [6.45, 7) is 2.21. The van der Waals surface area contributed by atoms with E-state index in [0.29, 0.717) is 5.92 Å². The van der Waals surface area contributed by atoms with E-state index in [4.69, 9.17) is 5.73 Å². The molecule has 1 aromatic rings. The minimum Gasteiger partial charge on any atom is -0.324 e. The van der Waals surface area contributed by atoms with Crippen LogP contribution in [0.25, 0.3) is 0 Å². The molecule has 11 heavy (non-hydrogen) atoms. The average molecular weight is 147 g/mol.